The van der Waals surface area contributed by atoms with Crippen molar-refractivity contribution in [3.05, 3.63) is 48.0 Å². The van der Waals surface area contributed by atoms with Gasteiger partial charge >= 0.3 is 12.1 Å². The second kappa shape index (κ2) is 9.26. The van der Waals surface area contributed by atoms with Crippen molar-refractivity contribution in [2.75, 3.05) is 26.2 Å². The second-order valence-electron chi connectivity index (χ2n) is 6.77. The molecular formula is C21H27N3O3. The predicted molar refractivity (Wildman–Crippen MR) is 106 cm³/mol. The molecule has 0 bridgehead atoms. The number of fused-ring (bicyclic) bond motifs is 1. The summed E-state index contributed by atoms with van der Waals surface area (Å²) in [6.45, 7) is 3.92. The lowest BCUT2D eigenvalue weighted by atomic mass is 10.0. The molecule has 2 aromatic rings. The Morgan fingerprint density at radius 3 is 2.85 bits per heavy atom. The van der Waals surface area contributed by atoms with Crippen LogP contribution in [0.15, 0.2) is 42.5 Å². The molecule has 6 nitrogen and oxygen atoms in total. The molecule has 27 heavy (non-hydrogen) atoms. The van der Waals surface area contributed by atoms with Gasteiger partial charge in [-0.15, -0.1) is 0 Å². The molecule has 2 N–H and O–H groups in total. The van der Waals surface area contributed by atoms with Gasteiger partial charge in [-0.25, -0.2) is 9.59 Å². The van der Waals surface area contributed by atoms with Crippen LogP contribution in [0, 0.1) is 0 Å². The number of ether oxygens (including phenoxy) is 1. The zero-order chi connectivity index (χ0) is 19.1. The summed E-state index contributed by atoms with van der Waals surface area (Å²) in [6.07, 6.45) is 2.10. The fourth-order valence-electron chi connectivity index (χ4n) is 3.55. The highest BCUT2D eigenvalue weighted by molar-refractivity contribution is 5.85. The van der Waals surface area contributed by atoms with E-state index in [2.05, 4.69) is 41.0 Å². The number of amides is 3. The van der Waals surface area contributed by atoms with Gasteiger partial charge in [0, 0.05) is 25.7 Å². The van der Waals surface area contributed by atoms with Crippen molar-refractivity contribution in [2.45, 2.75) is 32.2 Å². The van der Waals surface area contributed by atoms with Gasteiger partial charge in [-0.1, -0.05) is 42.5 Å². The van der Waals surface area contributed by atoms with E-state index in [0.717, 1.165) is 19.3 Å². The summed E-state index contributed by atoms with van der Waals surface area (Å²) < 4.78 is 4.92. The van der Waals surface area contributed by atoms with E-state index in [1.165, 1.54) is 16.3 Å². The van der Waals surface area contributed by atoms with Crippen molar-refractivity contribution < 1.29 is 14.3 Å². The van der Waals surface area contributed by atoms with Gasteiger partial charge in [0.15, 0.2) is 0 Å². The van der Waals surface area contributed by atoms with Crippen molar-refractivity contribution in [3.63, 3.8) is 0 Å². The Hall–Kier alpha value is -2.76. The number of carbonyl (C=O) groups excluding carboxylic acids is 2. The van der Waals surface area contributed by atoms with E-state index in [1.807, 2.05) is 12.1 Å². The molecule has 0 aromatic heterocycles. The summed E-state index contributed by atoms with van der Waals surface area (Å²) in [4.78, 5) is 25.8. The molecule has 0 spiro atoms. The third-order valence-electron chi connectivity index (χ3n) is 4.86. The lowest BCUT2D eigenvalue weighted by molar-refractivity contribution is 0.135. The molecule has 1 aliphatic heterocycles. The van der Waals surface area contributed by atoms with Crippen LogP contribution in [0.2, 0.25) is 0 Å². The summed E-state index contributed by atoms with van der Waals surface area (Å²) in [7, 11) is 0. The van der Waals surface area contributed by atoms with E-state index < -0.39 is 6.09 Å². The number of nitrogens with one attached hydrogen (secondary N) is 2. The molecule has 3 amide bonds. The van der Waals surface area contributed by atoms with Crippen molar-refractivity contribution in [1.29, 1.82) is 0 Å². The number of nitrogens with zero attached hydrogens (tertiary/aromatic N) is 1. The van der Waals surface area contributed by atoms with Crippen LogP contribution in [0.1, 0.15) is 25.3 Å². The molecule has 1 saturated heterocycles. The van der Waals surface area contributed by atoms with E-state index in [4.69, 9.17) is 4.74 Å². The maximum Gasteiger partial charge on any atom is 0.407 e. The molecule has 2 aromatic carbocycles. The number of likely N-dealkylation sites (tertiary alicyclic amines) is 1. The van der Waals surface area contributed by atoms with Gasteiger partial charge in [-0.3, -0.25) is 0 Å². The fourth-order valence-corrected chi connectivity index (χ4v) is 3.55. The Morgan fingerprint density at radius 2 is 2.00 bits per heavy atom. The molecule has 0 aliphatic carbocycles. The van der Waals surface area contributed by atoms with Gasteiger partial charge in [0.1, 0.15) is 0 Å². The summed E-state index contributed by atoms with van der Waals surface area (Å²) in [5.74, 6) is 0. The first-order chi connectivity index (χ1) is 13.2. The maximum absolute atomic E-state index is 12.5. The Kier molecular flexibility index (Phi) is 6.52. The molecule has 0 saturated carbocycles. The van der Waals surface area contributed by atoms with Crippen LogP contribution in [-0.2, 0) is 11.2 Å². The maximum atomic E-state index is 12.5. The monoisotopic (exact) mass is 369 g/mol. The predicted octanol–water partition coefficient (Wildman–Crippen LogP) is 3.30. The molecule has 1 heterocycles. The Balaban J connectivity index is 1.49. The lowest BCUT2D eigenvalue weighted by Gasteiger charge is -2.32. The zero-order valence-corrected chi connectivity index (χ0v) is 15.7. The first-order valence-corrected chi connectivity index (χ1v) is 9.60. The summed E-state index contributed by atoms with van der Waals surface area (Å²) in [5, 5.41) is 8.27. The second-order valence-corrected chi connectivity index (χ2v) is 6.77. The van der Waals surface area contributed by atoms with Crippen LogP contribution in [-0.4, -0.2) is 49.3 Å². The number of carbonyl (C=O) groups is 2. The van der Waals surface area contributed by atoms with Gasteiger partial charge in [0.25, 0.3) is 0 Å². The molecule has 144 valence electrons. The van der Waals surface area contributed by atoms with Crippen LogP contribution in [0.4, 0.5) is 9.59 Å². The average molecular weight is 369 g/mol. The highest BCUT2D eigenvalue weighted by atomic mass is 16.5. The van der Waals surface area contributed by atoms with E-state index >= 15 is 0 Å². The SMILES string of the molecule is CCOC(=O)N[C@@H]1CCCN(C(=O)NCCc2cccc3ccccc23)C1. The first kappa shape index (κ1) is 19.0. The molecule has 1 aliphatic rings. The highest BCUT2D eigenvalue weighted by Gasteiger charge is 2.24. The lowest BCUT2D eigenvalue weighted by Crippen LogP contribution is -2.52. The van der Waals surface area contributed by atoms with Crippen LogP contribution >= 0.6 is 0 Å². The number of hydrogen-bond acceptors (Lipinski definition) is 3. The fraction of sp³-hybridized carbons (Fsp3) is 0.429. The van der Waals surface area contributed by atoms with E-state index in [-0.39, 0.29) is 12.1 Å². The summed E-state index contributed by atoms with van der Waals surface area (Å²) >= 11 is 0. The number of benzene rings is 2. The molecule has 0 radical (unpaired) electrons. The molecule has 1 atom stereocenters. The zero-order valence-electron chi connectivity index (χ0n) is 15.7. The minimum Gasteiger partial charge on any atom is -0.450 e. The van der Waals surface area contributed by atoms with Crippen LogP contribution in [0.5, 0.6) is 0 Å². The average Bonchev–Trinajstić information content (AvgIpc) is 2.68. The minimum absolute atomic E-state index is 0.0541. The van der Waals surface area contributed by atoms with Crippen LogP contribution in [0.3, 0.4) is 0 Å². The first-order valence-electron chi connectivity index (χ1n) is 9.60. The molecule has 0 unspecified atom stereocenters. The molecular weight excluding hydrogens is 342 g/mol. The molecule has 6 heteroatoms. The Labute approximate surface area is 159 Å². The van der Waals surface area contributed by atoms with Crippen molar-refractivity contribution in [3.8, 4) is 0 Å². The van der Waals surface area contributed by atoms with Gasteiger partial charge in [0.2, 0.25) is 0 Å². The van der Waals surface area contributed by atoms with Crippen molar-refractivity contribution in [2.24, 2.45) is 0 Å². The third-order valence-corrected chi connectivity index (χ3v) is 4.86. The smallest absolute Gasteiger partial charge is 0.407 e. The topological polar surface area (TPSA) is 70.7 Å². The Morgan fingerprint density at radius 1 is 1.19 bits per heavy atom. The van der Waals surface area contributed by atoms with Gasteiger partial charge in [-0.2, -0.15) is 0 Å². The number of alkyl carbamates (subject to hydrolysis) is 1. The minimum atomic E-state index is -0.416. The van der Waals surface area contributed by atoms with Crippen LogP contribution < -0.4 is 10.6 Å². The third kappa shape index (κ3) is 5.12. The van der Waals surface area contributed by atoms with E-state index in [9.17, 15) is 9.59 Å². The Bertz CT molecular complexity index is 788. The largest absolute Gasteiger partial charge is 0.450 e. The quantitative estimate of drug-likeness (QED) is 0.849. The van der Waals surface area contributed by atoms with E-state index in [1.54, 1.807) is 11.8 Å². The van der Waals surface area contributed by atoms with Crippen molar-refractivity contribution in [1.82, 2.24) is 15.5 Å². The van der Waals surface area contributed by atoms with Crippen molar-refractivity contribution >= 4 is 22.9 Å². The summed E-state index contributed by atoms with van der Waals surface area (Å²) in [5.41, 5.74) is 1.23. The molecule has 3 rings (SSSR count). The standard InChI is InChI=1S/C21H27N3O3/c1-2-27-21(26)23-18-10-6-14-24(15-18)20(25)22-13-12-17-9-5-8-16-7-3-4-11-19(16)17/h3-5,7-9,11,18H,2,6,10,12-15H2,1H3,(H,22,25)(H,23,26)/t18-/m1/s1. The number of hydrogen-bond donors (Lipinski definition) is 2. The van der Waals surface area contributed by atoms with Gasteiger partial charge < -0.3 is 20.3 Å². The number of piperidine rings is 1. The van der Waals surface area contributed by atoms with E-state index in [0.29, 0.717) is 26.2 Å². The number of urea groups is 1. The highest BCUT2D eigenvalue weighted by Crippen LogP contribution is 2.18. The number of rotatable bonds is 5. The normalized spacial score (nSPS) is 16.8. The van der Waals surface area contributed by atoms with Gasteiger partial charge in [0.05, 0.1) is 6.61 Å². The molecule has 1 fully saturated rings. The van der Waals surface area contributed by atoms with Gasteiger partial charge in [-0.05, 0) is 42.5 Å². The van der Waals surface area contributed by atoms with Crippen LogP contribution in [0.25, 0.3) is 10.8 Å². The summed E-state index contributed by atoms with van der Waals surface area (Å²) in [6, 6.07) is 14.4.